The number of hydrogen-bond donors (Lipinski definition) is 1. The average Bonchev–Trinajstić information content (AvgIpc) is 2.72. The summed E-state index contributed by atoms with van der Waals surface area (Å²) in [6.07, 6.45) is 0.713. The summed E-state index contributed by atoms with van der Waals surface area (Å²) in [5.41, 5.74) is 0.624. The summed E-state index contributed by atoms with van der Waals surface area (Å²) >= 11 is 2.23. The molecule has 1 aromatic rings. The highest BCUT2D eigenvalue weighted by Crippen LogP contribution is 2.29. The number of benzene rings is 1. The maximum absolute atomic E-state index is 12.3. The smallest absolute Gasteiger partial charge is 0.240 e. The molecule has 0 saturated carbocycles. The van der Waals surface area contributed by atoms with Crippen LogP contribution in [0.3, 0.4) is 0 Å². The number of aryl methyl sites for hydroxylation is 1. The van der Waals surface area contributed by atoms with Crippen LogP contribution in [0.1, 0.15) is 18.9 Å². The molecule has 0 aliphatic carbocycles. The fraction of sp³-hybridized carbons (Fsp3) is 0.538. The molecule has 6 heteroatoms. The van der Waals surface area contributed by atoms with Crippen LogP contribution in [-0.2, 0) is 14.8 Å². The van der Waals surface area contributed by atoms with Crippen molar-refractivity contribution in [2.24, 2.45) is 0 Å². The number of halogens is 1. The molecule has 2 rings (SSSR count). The molecule has 1 N–H and O–H groups in total. The van der Waals surface area contributed by atoms with Crippen molar-refractivity contribution in [2.45, 2.75) is 36.8 Å². The van der Waals surface area contributed by atoms with Crippen molar-refractivity contribution in [3.8, 4) is 0 Å². The number of nitrogens with one attached hydrogen (secondary N) is 1. The predicted octanol–water partition coefficient (Wildman–Crippen LogP) is 2.26. The van der Waals surface area contributed by atoms with Gasteiger partial charge in [0, 0.05) is 11.0 Å². The number of sulfonamides is 1. The first-order valence-corrected chi connectivity index (χ1v) is 9.17. The van der Waals surface area contributed by atoms with Gasteiger partial charge in [-0.2, -0.15) is 0 Å². The summed E-state index contributed by atoms with van der Waals surface area (Å²) in [5, 5.41) is 0. The van der Waals surface area contributed by atoms with Crippen LogP contribution in [0.4, 0.5) is 0 Å². The predicted molar refractivity (Wildman–Crippen MR) is 83.1 cm³/mol. The molecular weight excluding hydrogens is 377 g/mol. The fourth-order valence-electron chi connectivity index (χ4n) is 2.10. The van der Waals surface area contributed by atoms with E-state index in [1.807, 2.05) is 13.8 Å². The normalized spacial score (nSPS) is 27.6. The van der Waals surface area contributed by atoms with Gasteiger partial charge in [0.05, 0.1) is 16.5 Å². The van der Waals surface area contributed by atoms with Crippen LogP contribution in [0.2, 0.25) is 0 Å². The van der Waals surface area contributed by atoms with Gasteiger partial charge in [0.25, 0.3) is 0 Å². The summed E-state index contributed by atoms with van der Waals surface area (Å²) in [6, 6.07) is 6.70. The van der Waals surface area contributed by atoms with Crippen molar-refractivity contribution in [3.63, 3.8) is 0 Å². The standard InChI is InChI=1S/C13H18INO3S/c1-10-3-5-11(6-4-10)19(16,17)15-12-7-8-18-13(12,2)9-14/h3-6,12,15H,7-9H2,1-2H3/t12-,13+/m0/s1. The monoisotopic (exact) mass is 395 g/mol. The molecule has 4 nitrogen and oxygen atoms in total. The molecule has 0 aromatic heterocycles. The molecule has 0 amide bonds. The second kappa shape index (κ2) is 5.67. The van der Waals surface area contributed by atoms with E-state index in [4.69, 9.17) is 4.74 Å². The summed E-state index contributed by atoms with van der Waals surface area (Å²) in [6.45, 7) is 4.48. The first-order chi connectivity index (χ1) is 8.87. The van der Waals surface area contributed by atoms with Crippen molar-refractivity contribution in [2.75, 3.05) is 11.0 Å². The Balaban J connectivity index is 2.20. The Morgan fingerprint density at radius 1 is 1.42 bits per heavy atom. The summed E-state index contributed by atoms with van der Waals surface area (Å²) < 4.78 is 33.9. The van der Waals surface area contributed by atoms with E-state index < -0.39 is 15.6 Å². The zero-order valence-electron chi connectivity index (χ0n) is 11.0. The molecule has 0 bridgehead atoms. The molecule has 2 atom stereocenters. The Morgan fingerprint density at radius 3 is 2.63 bits per heavy atom. The van der Waals surface area contributed by atoms with E-state index in [-0.39, 0.29) is 6.04 Å². The largest absolute Gasteiger partial charge is 0.373 e. The van der Waals surface area contributed by atoms with Gasteiger partial charge in [-0.1, -0.05) is 40.3 Å². The molecule has 1 fully saturated rings. The summed E-state index contributed by atoms with van der Waals surface area (Å²) in [4.78, 5) is 0.306. The SMILES string of the molecule is Cc1ccc(S(=O)(=O)N[C@H]2CCO[C@]2(C)CI)cc1. The maximum atomic E-state index is 12.3. The van der Waals surface area contributed by atoms with Crippen molar-refractivity contribution in [1.82, 2.24) is 4.72 Å². The quantitative estimate of drug-likeness (QED) is 0.629. The molecule has 0 radical (unpaired) electrons. The molecule has 106 valence electrons. The third-order valence-electron chi connectivity index (χ3n) is 3.47. The first kappa shape index (κ1) is 15.2. The van der Waals surface area contributed by atoms with Crippen LogP contribution in [-0.4, -0.2) is 31.1 Å². The summed E-state index contributed by atoms with van der Waals surface area (Å²) in [7, 11) is -3.47. The van der Waals surface area contributed by atoms with Gasteiger partial charge < -0.3 is 4.74 Å². The van der Waals surface area contributed by atoms with Crippen molar-refractivity contribution in [1.29, 1.82) is 0 Å². The lowest BCUT2D eigenvalue weighted by molar-refractivity contribution is 0.0322. The van der Waals surface area contributed by atoms with E-state index >= 15 is 0 Å². The van der Waals surface area contributed by atoms with Crippen molar-refractivity contribution >= 4 is 32.6 Å². The molecule has 1 aliphatic heterocycles. The maximum Gasteiger partial charge on any atom is 0.240 e. The molecule has 19 heavy (non-hydrogen) atoms. The third kappa shape index (κ3) is 3.29. The van der Waals surface area contributed by atoms with Gasteiger partial charge in [0.2, 0.25) is 10.0 Å². The van der Waals surface area contributed by atoms with Crippen molar-refractivity contribution < 1.29 is 13.2 Å². The second-order valence-corrected chi connectivity index (χ2v) is 7.55. The van der Waals surface area contributed by atoms with Crippen LogP contribution in [0.15, 0.2) is 29.2 Å². The van der Waals surface area contributed by atoms with Crippen LogP contribution in [0.5, 0.6) is 0 Å². The molecule has 0 unspecified atom stereocenters. The Bertz CT molecular complexity index is 544. The lowest BCUT2D eigenvalue weighted by Crippen LogP contribution is -2.49. The number of hydrogen-bond acceptors (Lipinski definition) is 3. The minimum absolute atomic E-state index is 0.171. The Labute approximate surface area is 128 Å². The third-order valence-corrected chi connectivity index (χ3v) is 6.47. The van der Waals surface area contributed by atoms with Crippen LogP contribution < -0.4 is 4.72 Å². The molecule has 1 aromatic carbocycles. The number of ether oxygens (including phenoxy) is 1. The van der Waals surface area contributed by atoms with E-state index in [2.05, 4.69) is 27.3 Å². The highest BCUT2D eigenvalue weighted by Gasteiger charge is 2.41. The van der Waals surface area contributed by atoms with E-state index in [1.54, 1.807) is 24.3 Å². The molecule has 0 spiro atoms. The van der Waals surface area contributed by atoms with Crippen LogP contribution in [0.25, 0.3) is 0 Å². The minimum atomic E-state index is -3.47. The zero-order chi connectivity index (χ0) is 14.1. The van der Waals surface area contributed by atoms with Gasteiger partial charge in [0.1, 0.15) is 0 Å². The van der Waals surface area contributed by atoms with E-state index in [9.17, 15) is 8.42 Å². The summed E-state index contributed by atoms with van der Waals surface area (Å²) in [5.74, 6) is 0. The topological polar surface area (TPSA) is 55.4 Å². The molecule has 1 heterocycles. The number of rotatable bonds is 4. The highest BCUT2D eigenvalue weighted by atomic mass is 127. The Kier molecular flexibility index (Phi) is 4.54. The van der Waals surface area contributed by atoms with Gasteiger partial charge >= 0.3 is 0 Å². The minimum Gasteiger partial charge on any atom is -0.373 e. The van der Waals surface area contributed by atoms with E-state index in [0.717, 1.165) is 9.99 Å². The zero-order valence-corrected chi connectivity index (χ0v) is 14.0. The molecule has 1 aliphatic rings. The Hall–Kier alpha value is -0.180. The van der Waals surface area contributed by atoms with Crippen LogP contribution >= 0.6 is 22.6 Å². The average molecular weight is 395 g/mol. The lowest BCUT2D eigenvalue weighted by Gasteiger charge is -2.28. The van der Waals surface area contributed by atoms with Gasteiger partial charge in [-0.3, -0.25) is 0 Å². The van der Waals surface area contributed by atoms with Gasteiger partial charge in [-0.05, 0) is 32.4 Å². The van der Waals surface area contributed by atoms with Crippen molar-refractivity contribution in [3.05, 3.63) is 29.8 Å². The molecular formula is C13H18INO3S. The number of alkyl halides is 1. The Morgan fingerprint density at radius 2 is 2.05 bits per heavy atom. The van der Waals surface area contributed by atoms with E-state index in [0.29, 0.717) is 17.9 Å². The first-order valence-electron chi connectivity index (χ1n) is 6.16. The van der Waals surface area contributed by atoms with Gasteiger partial charge in [-0.25, -0.2) is 13.1 Å². The van der Waals surface area contributed by atoms with E-state index in [1.165, 1.54) is 0 Å². The van der Waals surface area contributed by atoms with Gasteiger partial charge in [0.15, 0.2) is 0 Å². The van der Waals surface area contributed by atoms with Gasteiger partial charge in [-0.15, -0.1) is 0 Å². The molecule has 1 saturated heterocycles. The highest BCUT2D eigenvalue weighted by molar-refractivity contribution is 14.1. The van der Waals surface area contributed by atoms with Crippen LogP contribution in [0, 0.1) is 6.92 Å². The lowest BCUT2D eigenvalue weighted by atomic mass is 10.0. The fourth-order valence-corrected chi connectivity index (χ4v) is 4.23. The second-order valence-electron chi connectivity index (χ2n) is 5.07.